The van der Waals surface area contributed by atoms with Crippen LogP contribution in [-0.4, -0.2) is 53.5 Å². The van der Waals surface area contributed by atoms with Crippen molar-refractivity contribution in [2.75, 3.05) is 0 Å². The zero-order valence-corrected chi connectivity index (χ0v) is 16.6. The van der Waals surface area contributed by atoms with E-state index in [0.717, 1.165) is 0 Å². The van der Waals surface area contributed by atoms with Gasteiger partial charge in [0.05, 0.1) is 0 Å². The van der Waals surface area contributed by atoms with Crippen LogP contribution >= 0.6 is 0 Å². The van der Waals surface area contributed by atoms with Gasteiger partial charge in [-0.05, 0) is 0 Å². The fourth-order valence-corrected chi connectivity index (χ4v) is 9.57. The first kappa shape index (κ1) is 12.8. The Morgan fingerprint density at radius 3 is 1.57 bits per heavy atom. The molecule has 0 unspecified atom stereocenters. The molecule has 0 amide bonds. The molecule has 5 aromatic rings. The van der Waals surface area contributed by atoms with E-state index >= 15 is 0 Å². The van der Waals surface area contributed by atoms with Crippen LogP contribution in [0.25, 0.3) is 38.8 Å². The second-order valence-corrected chi connectivity index (χ2v) is 12.7. The molecule has 2 aromatic carbocycles. The average molecular weight is 467 g/mol. The Morgan fingerprint density at radius 2 is 1.10 bits per heavy atom. The monoisotopic (exact) mass is 470 g/mol. The topological polar surface area (TPSA) is 25.8 Å². The maximum absolute atomic E-state index is 4.71. The first-order chi connectivity index (χ1) is 10.2. The van der Waals surface area contributed by atoms with E-state index in [1.165, 1.54) is 39.5 Å². The van der Waals surface area contributed by atoms with Crippen LogP contribution in [0.3, 0.4) is 0 Å². The third-order valence-electron chi connectivity index (χ3n) is 3.70. The summed E-state index contributed by atoms with van der Waals surface area (Å²) in [4.78, 5) is 9.43. The average Bonchev–Trinajstić information content (AvgIpc) is 3.05. The van der Waals surface area contributed by atoms with Crippen LogP contribution in [0.15, 0.2) is 24.3 Å². The van der Waals surface area contributed by atoms with Crippen LogP contribution in [0, 0.1) is 13.8 Å². The normalized spacial score (nSPS) is 12.3. The Bertz CT molecular complexity index is 1070. The van der Waals surface area contributed by atoms with Crippen molar-refractivity contribution < 1.29 is 0 Å². The van der Waals surface area contributed by atoms with Crippen LogP contribution in [0.2, 0.25) is 0 Å². The van der Waals surface area contributed by atoms with Gasteiger partial charge in [0.25, 0.3) is 0 Å². The van der Waals surface area contributed by atoms with Crippen molar-refractivity contribution in [3.8, 4) is 0 Å². The summed E-state index contributed by atoms with van der Waals surface area (Å²) >= 11 is 1.34. The Kier molecular flexibility index (Phi) is 2.71. The molecule has 3 heterocycles. The summed E-state index contributed by atoms with van der Waals surface area (Å²) in [6, 6.07) is 9.49. The van der Waals surface area contributed by atoms with Gasteiger partial charge in [0.2, 0.25) is 0 Å². The minimum absolute atomic E-state index is 0.446. The van der Waals surface area contributed by atoms with Crippen LogP contribution in [-0.2, 0) is 0 Å². The molecule has 21 heavy (non-hydrogen) atoms. The molecule has 0 atom stereocenters. The summed E-state index contributed by atoms with van der Waals surface area (Å²) in [5.74, 6) is 0. The van der Waals surface area contributed by atoms with Crippen molar-refractivity contribution in [2.45, 2.75) is 13.8 Å². The molecule has 0 N–H and O–H groups in total. The zero-order chi connectivity index (χ0) is 14.1. The fourth-order valence-electron chi connectivity index (χ4n) is 2.85. The Labute approximate surface area is 139 Å². The van der Waals surface area contributed by atoms with Crippen molar-refractivity contribution in [1.82, 2.24) is 9.97 Å². The molecule has 0 fully saturated rings. The SMILES string of the molecule is Cc1nc2cc3c(cc2[se]1)[se]c1cc2[se]c(C)nc2cc13. The van der Waals surface area contributed by atoms with Crippen LogP contribution < -0.4 is 0 Å². The molecule has 0 aliphatic heterocycles. The Morgan fingerprint density at radius 1 is 0.619 bits per heavy atom. The van der Waals surface area contributed by atoms with Crippen LogP contribution in [0.1, 0.15) is 9.14 Å². The summed E-state index contributed by atoms with van der Waals surface area (Å²) in [5, 5.41) is 2.82. The van der Waals surface area contributed by atoms with Gasteiger partial charge in [0.15, 0.2) is 0 Å². The Hall–Kier alpha value is -0.662. The van der Waals surface area contributed by atoms with E-state index in [4.69, 9.17) is 9.97 Å². The molecule has 2 nitrogen and oxygen atoms in total. The summed E-state index contributed by atoms with van der Waals surface area (Å²) in [6.07, 6.45) is 0. The number of benzene rings is 2. The fraction of sp³-hybridized carbons (Fsp3) is 0.125. The van der Waals surface area contributed by atoms with Crippen LogP contribution in [0.5, 0.6) is 0 Å². The van der Waals surface area contributed by atoms with E-state index in [0.29, 0.717) is 43.5 Å². The predicted octanol–water partition coefficient (Wildman–Crippen LogP) is 2.88. The molecule has 0 aliphatic rings. The van der Waals surface area contributed by atoms with Gasteiger partial charge in [-0.1, -0.05) is 0 Å². The van der Waals surface area contributed by atoms with E-state index < -0.39 is 0 Å². The van der Waals surface area contributed by atoms with Gasteiger partial charge in [-0.3, -0.25) is 0 Å². The van der Waals surface area contributed by atoms with Crippen molar-refractivity contribution in [1.29, 1.82) is 0 Å². The van der Waals surface area contributed by atoms with Gasteiger partial charge in [-0.25, -0.2) is 0 Å². The summed E-state index contributed by atoms with van der Waals surface area (Å²) in [6.45, 7) is 4.30. The quantitative estimate of drug-likeness (QED) is 0.328. The maximum atomic E-state index is 4.71. The second-order valence-electron chi connectivity index (χ2n) is 5.20. The van der Waals surface area contributed by atoms with Crippen LogP contribution in [0.4, 0.5) is 0 Å². The molecule has 0 bridgehead atoms. The van der Waals surface area contributed by atoms with Gasteiger partial charge >= 0.3 is 140 Å². The molecular weight excluding hydrogens is 457 g/mol. The van der Waals surface area contributed by atoms with E-state index in [2.05, 4.69) is 38.1 Å². The second kappa shape index (κ2) is 4.42. The number of rotatable bonds is 0. The Balaban J connectivity index is 1.97. The molecule has 0 saturated carbocycles. The van der Waals surface area contributed by atoms with E-state index in [-0.39, 0.29) is 0 Å². The van der Waals surface area contributed by atoms with Gasteiger partial charge in [0, 0.05) is 0 Å². The number of hydrogen-bond acceptors (Lipinski definition) is 2. The van der Waals surface area contributed by atoms with Gasteiger partial charge in [-0.15, -0.1) is 0 Å². The molecular formula is C16H10N2Se3. The first-order valence-electron chi connectivity index (χ1n) is 6.68. The summed E-state index contributed by atoms with van der Waals surface area (Å²) in [5.41, 5.74) is 2.42. The van der Waals surface area contributed by atoms with Gasteiger partial charge in [-0.2, -0.15) is 0 Å². The molecule has 0 radical (unpaired) electrons. The van der Waals surface area contributed by atoms with Crippen molar-refractivity contribution >= 4 is 82.4 Å². The molecule has 102 valence electrons. The van der Waals surface area contributed by atoms with E-state index in [1.807, 2.05) is 0 Å². The molecule has 0 spiro atoms. The molecule has 5 rings (SSSR count). The number of hydrogen-bond donors (Lipinski definition) is 0. The van der Waals surface area contributed by atoms with Gasteiger partial charge < -0.3 is 0 Å². The number of aryl methyl sites for hydroxylation is 2. The summed E-state index contributed by atoms with van der Waals surface area (Å²) < 4.78 is 8.62. The molecule has 5 heteroatoms. The standard InChI is InChI=1S/C16H10N2Se3/c1-7-17-11-3-9-10-4-12-16(20-8(2)18-12)6-14(10)21-13(9)5-15(11)19-7/h3-6H,1-2H3. The number of fused-ring (bicyclic) bond motifs is 5. The third-order valence-corrected chi connectivity index (χ3v) is 9.96. The van der Waals surface area contributed by atoms with Crippen molar-refractivity contribution in [2.24, 2.45) is 0 Å². The number of nitrogens with zero attached hydrogens (tertiary/aromatic N) is 2. The summed E-state index contributed by atoms with van der Waals surface area (Å²) in [7, 11) is 0. The molecule has 0 aliphatic carbocycles. The van der Waals surface area contributed by atoms with E-state index in [1.54, 1.807) is 8.52 Å². The third kappa shape index (κ3) is 1.90. The zero-order valence-electron chi connectivity index (χ0n) is 11.4. The molecule has 3 aromatic heterocycles. The van der Waals surface area contributed by atoms with Crippen molar-refractivity contribution in [3.63, 3.8) is 0 Å². The van der Waals surface area contributed by atoms with Gasteiger partial charge in [0.1, 0.15) is 0 Å². The predicted molar refractivity (Wildman–Crippen MR) is 92.4 cm³/mol. The molecule has 0 saturated heterocycles. The van der Waals surface area contributed by atoms with E-state index in [9.17, 15) is 0 Å². The first-order valence-corrected chi connectivity index (χ1v) is 11.8. The number of aromatic nitrogens is 2. The van der Waals surface area contributed by atoms with Crippen molar-refractivity contribution in [3.05, 3.63) is 33.4 Å². The minimum atomic E-state index is 0.446.